The molecule has 18 heavy (non-hydrogen) atoms. The quantitative estimate of drug-likeness (QED) is 0.856. The van der Waals surface area contributed by atoms with Gasteiger partial charge in [-0.1, -0.05) is 11.6 Å². The van der Waals surface area contributed by atoms with Crippen molar-refractivity contribution in [1.29, 1.82) is 0 Å². The average Bonchev–Trinajstić information content (AvgIpc) is 2.31. The Hall–Kier alpha value is -1.95. The van der Waals surface area contributed by atoms with Crippen LogP contribution in [0.25, 0.3) is 0 Å². The zero-order chi connectivity index (χ0) is 13.3. The van der Waals surface area contributed by atoms with Crippen molar-refractivity contribution < 1.29 is 24.2 Å². The Labute approximate surface area is 107 Å². The Bertz CT molecular complexity index is 529. The number of aromatic carboxylic acids is 1. The van der Waals surface area contributed by atoms with E-state index >= 15 is 0 Å². The fourth-order valence-corrected chi connectivity index (χ4v) is 1.87. The van der Waals surface area contributed by atoms with E-state index in [1.807, 2.05) is 0 Å². The van der Waals surface area contributed by atoms with Crippen LogP contribution in [0.3, 0.4) is 0 Å². The van der Waals surface area contributed by atoms with Gasteiger partial charge in [0.25, 0.3) is 0 Å². The normalized spacial score (nSPS) is 13.0. The standard InChI is InChI=1S/C11H10ClNO5/c1-5(14)13-8-7(12)4-6(11(15)16)9-10(8)18-3-2-17-9/h4H,2-3H2,1H3,(H,13,14)(H,15,16). The number of carboxylic acid groups (broad SMARTS) is 1. The van der Waals surface area contributed by atoms with E-state index in [1.165, 1.54) is 13.0 Å². The highest BCUT2D eigenvalue weighted by Crippen LogP contribution is 2.45. The van der Waals surface area contributed by atoms with Crippen LogP contribution in [0, 0.1) is 0 Å². The smallest absolute Gasteiger partial charge is 0.339 e. The van der Waals surface area contributed by atoms with Crippen molar-refractivity contribution in [2.24, 2.45) is 0 Å². The summed E-state index contributed by atoms with van der Waals surface area (Å²) >= 11 is 5.94. The first-order valence-electron chi connectivity index (χ1n) is 5.13. The van der Waals surface area contributed by atoms with E-state index in [2.05, 4.69) is 5.32 Å². The third-order valence-corrected chi connectivity index (χ3v) is 2.59. The number of fused-ring (bicyclic) bond motifs is 1. The van der Waals surface area contributed by atoms with E-state index in [-0.39, 0.29) is 46.9 Å². The van der Waals surface area contributed by atoms with Gasteiger partial charge in [0, 0.05) is 6.92 Å². The van der Waals surface area contributed by atoms with Crippen LogP contribution in [-0.2, 0) is 4.79 Å². The SMILES string of the molecule is CC(=O)Nc1c(Cl)cc(C(=O)O)c2c1OCCO2. The first-order chi connectivity index (χ1) is 8.50. The van der Waals surface area contributed by atoms with E-state index in [9.17, 15) is 9.59 Å². The first-order valence-corrected chi connectivity index (χ1v) is 5.51. The van der Waals surface area contributed by atoms with Crippen molar-refractivity contribution in [1.82, 2.24) is 0 Å². The summed E-state index contributed by atoms with van der Waals surface area (Å²) in [5.41, 5.74) is 0.132. The molecule has 0 bridgehead atoms. The summed E-state index contributed by atoms with van der Waals surface area (Å²) < 4.78 is 10.6. The number of benzene rings is 1. The maximum atomic E-state index is 11.1. The van der Waals surface area contributed by atoms with Crippen LogP contribution >= 0.6 is 11.6 Å². The molecule has 0 saturated heterocycles. The van der Waals surface area contributed by atoms with Crippen molar-refractivity contribution in [2.45, 2.75) is 6.92 Å². The van der Waals surface area contributed by atoms with Gasteiger partial charge in [0.05, 0.1) is 5.02 Å². The lowest BCUT2D eigenvalue weighted by Gasteiger charge is -2.23. The molecular weight excluding hydrogens is 262 g/mol. The predicted octanol–water partition coefficient (Wildman–Crippen LogP) is 1.77. The lowest BCUT2D eigenvalue weighted by atomic mass is 10.1. The van der Waals surface area contributed by atoms with Crippen LogP contribution in [0.2, 0.25) is 5.02 Å². The second-order valence-corrected chi connectivity index (χ2v) is 4.03. The number of nitrogens with one attached hydrogen (secondary N) is 1. The minimum Gasteiger partial charge on any atom is -0.485 e. The summed E-state index contributed by atoms with van der Waals surface area (Å²) in [6.07, 6.45) is 0. The Morgan fingerprint density at radius 1 is 1.33 bits per heavy atom. The Kier molecular flexibility index (Phi) is 3.29. The summed E-state index contributed by atoms with van der Waals surface area (Å²) in [6, 6.07) is 1.22. The number of hydrogen-bond acceptors (Lipinski definition) is 4. The highest BCUT2D eigenvalue weighted by atomic mass is 35.5. The average molecular weight is 272 g/mol. The fraction of sp³-hybridized carbons (Fsp3) is 0.273. The van der Waals surface area contributed by atoms with Crippen molar-refractivity contribution in [3.63, 3.8) is 0 Å². The first kappa shape index (κ1) is 12.5. The van der Waals surface area contributed by atoms with Gasteiger partial charge in [0.15, 0.2) is 11.5 Å². The van der Waals surface area contributed by atoms with E-state index in [0.29, 0.717) is 0 Å². The summed E-state index contributed by atoms with van der Waals surface area (Å²) in [7, 11) is 0. The minimum absolute atomic E-state index is 0.0851. The molecule has 1 aliphatic heterocycles. The number of anilines is 1. The Balaban J connectivity index is 2.61. The molecule has 1 amide bonds. The van der Waals surface area contributed by atoms with Crippen LogP contribution in [0.1, 0.15) is 17.3 Å². The van der Waals surface area contributed by atoms with Gasteiger partial charge < -0.3 is 19.9 Å². The topological polar surface area (TPSA) is 84.9 Å². The molecule has 7 heteroatoms. The predicted molar refractivity (Wildman–Crippen MR) is 63.7 cm³/mol. The summed E-state index contributed by atoms with van der Waals surface area (Å²) in [4.78, 5) is 22.2. The number of hydrogen-bond donors (Lipinski definition) is 2. The summed E-state index contributed by atoms with van der Waals surface area (Å²) in [5.74, 6) is -1.27. The van der Waals surface area contributed by atoms with Crippen molar-refractivity contribution in [3.05, 3.63) is 16.7 Å². The molecule has 2 N–H and O–H groups in total. The van der Waals surface area contributed by atoms with E-state index < -0.39 is 5.97 Å². The summed E-state index contributed by atoms with van der Waals surface area (Å²) in [6.45, 7) is 1.82. The number of ether oxygens (including phenoxy) is 2. The molecule has 96 valence electrons. The maximum Gasteiger partial charge on any atom is 0.339 e. The number of carbonyl (C=O) groups is 2. The van der Waals surface area contributed by atoms with Gasteiger partial charge in [-0.25, -0.2) is 4.79 Å². The molecule has 0 saturated carbocycles. The highest BCUT2D eigenvalue weighted by Gasteiger charge is 2.26. The second-order valence-electron chi connectivity index (χ2n) is 3.62. The number of carboxylic acids is 1. The minimum atomic E-state index is -1.17. The molecule has 0 radical (unpaired) electrons. The van der Waals surface area contributed by atoms with Crippen molar-refractivity contribution in [2.75, 3.05) is 18.5 Å². The van der Waals surface area contributed by atoms with Crippen LogP contribution in [0.4, 0.5) is 5.69 Å². The number of carbonyl (C=O) groups excluding carboxylic acids is 1. The molecule has 6 nitrogen and oxygen atoms in total. The maximum absolute atomic E-state index is 11.1. The van der Waals surface area contributed by atoms with Gasteiger partial charge >= 0.3 is 5.97 Å². The van der Waals surface area contributed by atoms with Crippen molar-refractivity contribution in [3.8, 4) is 11.5 Å². The molecule has 0 fully saturated rings. The Morgan fingerprint density at radius 3 is 2.50 bits per heavy atom. The lowest BCUT2D eigenvalue weighted by Crippen LogP contribution is -2.20. The molecule has 1 aromatic rings. The Morgan fingerprint density at radius 2 is 1.94 bits per heavy atom. The monoisotopic (exact) mass is 271 g/mol. The van der Waals surface area contributed by atoms with Crippen LogP contribution in [0.5, 0.6) is 11.5 Å². The molecule has 1 heterocycles. The van der Waals surface area contributed by atoms with Gasteiger partial charge in [0.2, 0.25) is 5.91 Å². The number of halogens is 1. The van der Waals surface area contributed by atoms with Gasteiger partial charge in [-0.15, -0.1) is 0 Å². The molecule has 0 aliphatic carbocycles. The molecular formula is C11H10ClNO5. The van der Waals surface area contributed by atoms with Gasteiger partial charge in [-0.05, 0) is 6.07 Å². The number of amides is 1. The molecule has 0 aromatic heterocycles. The lowest BCUT2D eigenvalue weighted by molar-refractivity contribution is -0.114. The molecule has 2 rings (SSSR count). The molecule has 0 atom stereocenters. The zero-order valence-electron chi connectivity index (χ0n) is 9.45. The zero-order valence-corrected chi connectivity index (χ0v) is 10.2. The second kappa shape index (κ2) is 4.73. The largest absolute Gasteiger partial charge is 0.485 e. The molecule has 1 aliphatic rings. The van der Waals surface area contributed by atoms with Gasteiger partial charge in [-0.2, -0.15) is 0 Å². The highest BCUT2D eigenvalue weighted by molar-refractivity contribution is 6.34. The van der Waals surface area contributed by atoms with E-state index in [4.69, 9.17) is 26.2 Å². The fourth-order valence-electron chi connectivity index (χ4n) is 1.63. The molecule has 0 spiro atoms. The van der Waals surface area contributed by atoms with E-state index in [0.717, 1.165) is 0 Å². The van der Waals surface area contributed by atoms with Crippen LogP contribution in [-0.4, -0.2) is 30.2 Å². The molecule has 0 unspecified atom stereocenters. The molecule has 1 aromatic carbocycles. The van der Waals surface area contributed by atoms with Crippen LogP contribution < -0.4 is 14.8 Å². The van der Waals surface area contributed by atoms with Gasteiger partial charge in [0.1, 0.15) is 24.5 Å². The summed E-state index contributed by atoms with van der Waals surface area (Å²) in [5, 5.41) is 11.6. The van der Waals surface area contributed by atoms with Crippen LogP contribution in [0.15, 0.2) is 6.07 Å². The van der Waals surface area contributed by atoms with Gasteiger partial charge in [-0.3, -0.25) is 4.79 Å². The van der Waals surface area contributed by atoms with Crippen molar-refractivity contribution >= 4 is 29.2 Å². The van der Waals surface area contributed by atoms with E-state index in [1.54, 1.807) is 0 Å². The third-order valence-electron chi connectivity index (χ3n) is 2.30. The third kappa shape index (κ3) is 2.19. The number of rotatable bonds is 2.